The van der Waals surface area contributed by atoms with Gasteiger partial charge in [0.25, 0.3) is 0 Å². The molecule has 1 saturated heterocycles. The molecule has 1 fully saturated rings. The number of aromatic amines is 1. The number of amides is 1. The van der Waals surface area contributed by atoms with Gasteiger partial charge in [-0.3, -0.25) is 14.5 Å². The minimum atomic E-state index is -0.447. The largest absolute Gasteiger partial charge is 0.461 e. The van der Waals surface area contributed by atoms with Crippen LogP contribution in [0.25, 0.3) is 0 Å². The first-order valence-corrected chi connectivity index (χ1v) is 10.7. The van der Waals surface area contributed by atoms with Crippen LogP contribution in [0.4, 0.5) is 5.82 Å². The van der Waals surface area contributed by atoms with E-state index in [1.807, 2.05) is 13.0 Å². The van der Waals surface area contributed by atoms with E-state index in [0.29, 0.717) is 54.3 Å². The molecule has 3 rings (SSSR count). The number of carbonyl (C=O) groups excluding carboxylic acids is 3. The van der Waals surface area contributed by atoms with Crippen LogP contribution >= 0.6 is 0 Å². The van der Waals surface area contributed by atoms with Gasteiger partial charge in [-0.15, -0.1) is 0 Å². The number of hydrogen-bond donors (Lipinski definition) is 2. The molecular weight excluding hydrogens is 396 g/mol. The van der Waals surface area contributed by atoms with Crippen LogP contribution in [-0.2, 0) is 9.53 Å². The molecule has 2 aromatic heterocycles. The lowest BCUT2D eigenvalue weighted by atomic mass is 9.95. The number of nitrogens with one attached hydrogen (secondary N) is 2. The second kappa shape index (κ2) is 9.87. The Morgan fingerprint density at radius 2 is 1.90 bits per heavy atom. The lowest BCUT2D eigenvalue weighted by Gasteiger charge is -2.30. The SMILES string of the molecule is CCOC(=O)c1[nH]c(C)c(C(=O)CN2CCC(C(=O)Nc3ccc(C)cn3)CC2)c1C. The molecular formula is C23H30N4O4. The van der Waals surface area contributed by atoms with E-state index in [1.165, 1.54) is 0 Å². The van der Waals surface area contributed by atoms with E-state index in [4.69, 9.17) is 4.74 Å². The summed E-state index contributed by atoms with van der Waals surface area (Å²) in [5, 5.41) is 2.88. The van der Waals surface area contributed by atoms with Gasteiger partial charge in [-0.05, 0) is 70.8 Å². The number of aryl methyl sites for hydroxylation is 2. The maximum Gasteiger partial charge on any atom is 0.355 e. The van der Waals surface area contributed by atoms with Crippen molar-refractivity contribution in [1.82, 2.24) is 14.9 Å². The number of piperidine rings is 1. The first-order chi connectivity index (χ1) is 14.8. The number of rotatable bonds is 7. The summed E-state index contributed by atoms with van der Waals surface area (Å²) in [6.07, 6.45) is 3.09. The molecule has 0 saturated carbocycles. The molecule has 0 aliphatic carbocycles. The molecule has 0 atom stereocenters. The second-order valence-corrected chi connectivity index (χ2v) is 8.03. The molecule has 0 aromatic carbocycles. The number of hydrogen-bond acceptors (Lipinski definition) is 6. The molecule has 0 radical (unpaired) electrons. The zero-order valence-electron chi connectivity index (χ0n) is 18.6. The molecule has 2 N–H and O–H groups in total. The summed E-state index contributed by atoms with van der Waals surface area (Å²) in [4.78, 5) is 46.8. The summed E-state index contributed by atoms with van der Waals surface area (Å²) >= 11 is 0. The maximum atomic E-state index is 12.9. The molecule has 166 valence electrons. The van der Waals surface area contributed by atoms with Crippen LogP contribution in [0.3, 0.4) is 0 Å². The Hall–Kier alpha value is -3.00. The number of ether oxygens (including phenoxy) is 1. The normalized spacial score (nSPS) is 15.0. The van der Waals surface area contributed by atoms with Crippen molar-refractivity contribution in [2.75, 3.05) is 31.6 Å². The zero-order chi connectivity index (χ0) is 22.5. The van der Waals surface area contributed by atoms with Crippen molar-refractivity contribution >= 4 is 23.5 Å². The number of anilines is 1. The Bertz CT molecular complexity index is 957. The van der Waals surface area contributed by atoms with Crippen LogP contribution in [0, 0.1) is 26.7 Å². The molecule has 8 nitrogen and oxygen atoms in total. The van der Waals surface area contributed by atoms with Crippen LogP contribution in [0.2, 0.25) is 0 Å². The minimum absolute atomic E-state index is 0.0290. The predicted molar refractivity (Wildman–Crippen MR) is 117 cm³/mol. The van der Waals surface area contributed by atoms with E-state index in [0.717, 1.165) is 5.56 Å². The standard InChI is InChI=1S/C23H30N4O4/c1-5-31-23(30)21-15(3)20(16(4)25-21)18(28)13-27-10-8-17(9-11-27)22(29)26-19-7-6-14(2)12-24-19/h6-7,12,17,25H,5,8-11,13H2,1-4H3,(H,24,26,29). The smallest absolute Gasteiger partial charge is 0.355 e. The Morgan fingerprint density at radius 1 is 1.19 bits per heavy atom. The van der Waals surface area contributed by atoms with Crippen molar-refractivity contribution in [2.45, 2.75) is 40.5 Å². The van der Waals surface area contributed by atoms with Crippen LogP contribution in [0.1, 0.15) is 57.4 Å². The first-order valence-electron chi connectivity index (χ1n) is 10.7. The van der Waals surface area contributed by atoms with Crippen molar-refractivity contribution in [2.24, 2.45) is 5.92 Å². The van der Waals surface area contributed by atoms with E-state index < -0.39 is 5.97 Å². The average Bonchev–Trinajstić information content (AvgIpc) is 3.04. The second-order valence-electron chi connectivity index (χ2n) is 8.03. The molecule has 8 heteroatoms. The predicted octanol–water partition coefficient (Wildman–Crippen LogP) is 3.05. The molecule has 0 spiro atoms. The summed E-state index contributed by atoms with van der Waals surface area (Å²) in [5.41, 5.74) is 3.22. The minimum Gasteiger partial charge on any atom is -0.461 e. The van der Waals surface area contributed by atoms with Gasteiger partial charge in [0.15, 0.2) is 5.78 Å². The molecule has 1 aliphatic heterocycles. The Balaban J connectivity index is 1.55. The van der Waals surface area contributed by atoms with Gasteiger partial charge < -0.3 is 15.0 Å². The summed E-state index contributed by atoms with van der Waals surface area (Å²) < 4.78 is 5.06. The fourth-order valence-corrected chi connectivity index (χ4v) is 3.98. The van der Waals surface area contributed by atoms with E-state index in [-0.39, 0.29) is 30.8 Å². The Kier molecular flexibility index (Phi) is 7.22. The number of Topliss-reactive ketones (excluding diaryl/α,β-unsaturated/α-hetero) is 1. The summed E-state index contributed by atoms with van der Waals surface area (Å²) in [5.74, 6) is -0.0473. The highest BCUT2D eigenvalue weighted by molar-refractivity contribution is 6.03. The van der Waals surface area contributed by atoms with Gasteiger partial charge in [0, 0.05) is 23.4 Å². The number of nitrogens with zero attached hydrogens (tertiary/aromatic N) is 2. The quantitative estimate of drug-likeness (QED) is 0.521. The van der Waals surface area contributed by atoms with E-state index in [1.54, 1.807) is 33.0 Å². The molecule has 31 heavy (non-hydrogen) atoms. The number of ketones is 1. The van der Waals surface area contributed by atoms with Crippen LogP contribution in [-0.4, -0.2) is 58.8 Å². The van der Waals surface area contributed by atoms with E-state index >= 15 is 0 Å². The monoisotopic (exact) mass is 426 g/mol. The van der Waals surface area contributed by atoms with E-state index in [2.05, 4.69) is 20.2 Å². The molecule has 3 heterocycles. The van der Waals surface area contributed by atoms with Crippen molar-refractivity contribution in [3.05, 3.63) is 46.4 Å². The maximum absolute atomic E-state index is 12.9. The van der Waals surface area contributed by atoms with Gasteiger partial charge >= 0.3 is 5.97 Å². The highest BCUT2D eigenvalue weighted by Gasteiger charge is 2.28. The highest BCUT2D eigenvalue weighted by Crippen LogP contribution is 2.22. The van der Waals surface area contributed by atoms with Crippen LogP contribution < -0.4 is 5.32 Å². The van der Waals surface area contributed by atoms with Crippen LogP contribution in [0.5, 0.6) is 0 Å². The van der Waals surface area contributed by atoms with Crippen molar-refractivity contribution in [1.29, 1.82) is 0 Å². The van der Waals surface area contributed by atoms with Gasteiger partial charge in [-0.2, -0.15) is 0 Å². The van der Waals surface area contributed by atoms with Gasteiger partial charge in [-0.25, -0.2) is 9.78 Å². The fraction of sp³-hybridized carbons (Fsp3) is 0.478. The third-order valence-corrected chi connectivity index (χ3v) is 5.68. The van der Waals surface area contributed by atoms with Gasteiger partial charge in [0.2, 0.25) is 5.91 Å². The fourth-order valence-electron chi connectivity index (χ4n) is 3.98. The summed E-state index contributed by atoms with van der Waals surface area (Å²) in [6.45, 7) is 9.12. The van der Waals surface area contributed by atoms with Crippen molar-refractivity contribution in [3.63, 3.8) is 0 Å². The molecule has 0 bridgehead atoms. The number of carbonyl (C=O) groups is 3. The number of aromatic nitrogens is 2. The number of likely N-dealkylation sites (tertiary alicyclic amines) is 1. The van der Waals surface area contributed by atoms with Crippen molar-refractivity contribution in [3.8, 4) is 0 Å². The first kappa shape index (κ1) is 22.7. The lowest BCUT2D eigenvalue weighted by Crippen LogP contribution is -2.40. The molecule has 0 unspecified atom stereocenters. The molecule has 1 amide bonds. The topological polar surface area (TPSA) is 104 Å². The summed E-state index contributed by atoms with van der Waals surface area (Å²) in [7, 11) is 0. The molecule has 2 aromatic rings. The third kappa shape index (κ3) is 5.38. The van der Waals surface area contributed by atoms with Gasteiger partial charge in [0.05, 0.1) is 13.2 Å². The molecule has 1 aliphatic rings. The number of pyridine rings is 1. The average molecular weight is 427 g/mol. The zero-order valence-corrected chi connectivity index (χ0v) is 18.6. The Labute approximate surface area is 182 Å². The van der Waals surface area contributed by atoms with E-state index in [9.17, 15) is 14.4 Å². The lowest BCUT2D eigenvalue weighted by molar-refractivity contribution is -0.121. The third-order valence-electron chi connectivity index (χ3n) is 5.68. The number of H-pyrrole nitrogens is 1. The highest BCUT2D eigenvalue weighted by atomic mass is 16.5. The van der Waals surface area contributed by atoms with Crippen LogP contribution in [0.15, 0.2) is 18.3 Å². The number of esters is 1. The van der Waals surface area contributed by atoms with Crippen molar-refractivity contribution < 1.29 is 19.1 Å². The van der Waals surface area contributed by atoms with Gasteiger partial charge in [-0.1, -0.05) is 6.07 Å². The van der Waals surface area contributed by atoms with Gasteiger partial charge in [0.1, 0.15) is 11.5 Å². The summed E-state index contributed by atoms with van der Waals surface area (Å²) in [6, 6.07) is 3.71. The Morgan fingerprint density at radius 3 is 2.52 bits per heavy atom.